The van der Waals surface area contributed by atoms with Gasteiger partial charge in [0.1, 0.15) is 0 Å². The molecule has 0 aromatic rings. The third-order valence-corrected chi connectivity index (χ3v) is 2.94. The molecule has 0 saturated carbocycles. The van der Waals surface area contributed by atoms with Crippen LogP contribution < -0.4 is 10.6 Å². The van der Waals surface area contributed by atoms with Crippen molar-refractivity contribution in [3.05, 3.63) is 12.7 Å². The number of carbonyl (C=O) groups excluding carboxylic acids is 1. The third kappa shape index (κ3) is 4.98. The van der Waals surface area contributed by atoms with Gasteiger partial charge in [-0.25, -0.2) is 0 Å². The Balaban J connectivity index is 4.15. The summed E-state index contributed by atoms with van der Waals surface area (Å²) in [6, 6.07) is -0.158. The van der Waals surface area contributed by atoms with Gasteiger partial charge in [-0.3, -0.25) is 4.79 Å². The van der Waals surface area contributed by atoms with Crippen molar-refractivity contribution in [1.29, 1.82) is 0 Å². The number of rotatable bonds is 7. The van der Waals surface area contributed by atoms with Crippen molar-refractivity contribution in [2.75, 3.05) is 6.54 Å². The molecule has 1 unspecified atom stereocenters. The summed E-state index contributed by atoms with van der Waals surface area (Å²) in [6.07, 6.45) is 3.72. The first kappa shape index (κ1) is 14.2. The van der Waals surface area contributed by atoms with Crippen molar-refractivity contribution in [2.24, 2.45) is 0 Å². The molecule has 0 fully saturated rings. The van der Waals surface area contributed by atoms with Gasteiger partial charge in [0.05, 0.1) is 6.04 Å². The molecule has 88 valence electrons. The SMILES string of the molecule is C=CCNC(=O)C(C)NC(C)(CC)CC. The topological polar surface area (TPSA) is 41.1 Å². The van der Waals surface area contributed by atoms with E-state index in [1.165, 1.54) is 0 Å². The molecule has 0 saturated heterocycles. The van der Waals surface area contributed by atoms with Gasteiger partial charge in [-0.15, -0.1) is 6.58 Å². The van der Waals surface area contributed by atoms with Crippen molar-refractivity contribution >= 4 is 5.91 Å². The number of hydrogen-bond donors (Lipinski definition) is 2. The van der Waals surface area contributed by atoms with Crippen LogP contribution in [-0.4, -0.2) is 24.0 Å². The van der Waals surface area contributed by atoms with Gasteiger partial charge < -0.3 is 10.6 Å². The van der Waals surface area contributed by atoms with E-state index in [9.17, 15) is 4.79 Å². The van der Waals surface area contributed by atoms with E-state index in [-0.39, 0.29) is 17.5 Å². The van der Waals surface area contributed by atoms with E-state index < -0.39 is 0 Å². The van der Waals surface area contributed by atoms with E-state index in [4.69, 9.17) is 0 Å². The Labute approximate surface area is 93.3 Å². The Morgan fingerprint density at radius 1 is 1.47 bits per heavy atom. The zero-order valence-corrected chi connectivity index (χ0v) is 10.4. The summed E-state index contributed by atoms with van der Waals surface area (Å²) in [5, 5.41) is 6.14. The van der Waals surface area contributed by atoms with Crippen LogP contribution in [0.15, 0.2) is 12.7 Å². The molecule has 0 aromatic carbocycles. The first-order valence-corrected chi connectivity index (χ1v) is 5.65. The van der Waals surface area contributed by atoms with E-state index in [0.717, 1.165) is 12.8 Å². The highest BCUT2D eigenvalue weighted by Gasteiger charge is 2.24. The van der Waals surface area contributed by atoms with Gasteiger partial charge in [-0.05, 0) is 26.7 Å². The van der Waals surface area contributed by atoms with Gasteiger partial charge in [0.2, 0.25) is 5.91 Å². The highest BCUT2D eigenvalue weighted by atomic mass is 16.2. The lowest BCUT2D eigenvalue weighted by Crippen LogP contribution is -2.52. The molecule has 1 atom stereocenters. The molecule has 1 amide bonds. The maximum absolute atomic E-state index is 11.6. The lowest BCUT2D eigenvalue weighted by atomic mass is 9.94. The average molecular weight is 212 g/mol. The molecule has 0 aliphatic rings. The van der Waals surface area contributed by atoms with Gasteiger partial charge in [0, 0.05) is 12.1 Å². The van der Waals surface area contributed by atoms with Gasteiger partial charge in [0.15, 0.2) is 0 Å². The van der Waals surface area contributed by atoms with Crippen LogP contribution in [0.3, 0.4) is 0 Å². The Hall–Kier alpha value is -0.830. The summed E-state index contributed by atoms with van der Waals surface area (Å²) >= 11 is 0. The monoisotopic (exact) mass is 212 g/mol. The fourth-order valence-electron chi connectivity index (χ4n) is 1.37. The normalized spacial score (nSPS) is 13.3. The maximum atomic E-state index is 11.6. The van der Waals surface area contributed by atoms with E-state index >= 15 is 0 Å². The molecule has 0 aromatic heterocycles. The maximum Gasteiger partial charge on any atom is 0.237 e. The predicted octanol–water partition coefficient (Wildman–Crippen LogP) is 1.85. The fraction of sp³-hybridized carbons (Fsp3) is 0.750. The smallest absolute Gasteiger partial charge is 0.237 e. The van der Waals surface area contributed by atoms with Crippen LogP contribution in [0.1, 0.15) is 40.5 Å². The van der Waals surface area contributed by atoms with Crippen LogP contribution in [0.5, 0.6) is 0 Å². The molecule has 0 aliphatic carbocycles. The fourth-order valence-corrected chi connectivity index (χ4v) is 1.37. The van der Waals surface area contributed by atoms with Crippen molar-refractivity contribution in [3.8, 4) is 0 Å². The zero-order valence-electron chi connectivity index (χ0n) is 10.4. The summed E-state index contributed by atoms with van der Waals surface area (Å²) in [5.41, 5.74) is 0.0466. The van der Waals surface area contributed by atoms with Crippen molar-refractivity contribution in [3.63, 3.8) is 0 Å². The quantitative estimate of drug-likeness (QED) is 0.632. The Kier molecular flexibility index (Phi) is 6.25. The second kappa shape index (κ2) is 6.62. The summed E-state index contributed by atoms with van der Waals surface area (Å²) in [7, 11) is 0. The molecule has 3 nitrogen and oxygen atoms in total. The minimum absolute atomic E-state index is 0.0306. The van der Waals surface area contributed by atoms with Crippen LogP contribution in [-0.2, 0) is 4.79 Å². The largest absolute Gasteiger partial charge is 0.351 e. The molecule has 0 aliphatic heterocycles. The minimum atomic E-state index is -0.158. The number of carbonyl (C=O) groups is 1. The standard InChI is InChI=1S/C12H24N2O/c1-6-9-13-11(15)10(4)14-12(5,7-2)8-3/h6,10,14H,1,7-9H2,2-5H3,(H,13,15). The zero-order chi connectivity index (χ0) is 11.9. The average Bonchev–Trinajstić information content (AvgIpc) is 2.25. The molecule has 0 rings (SSSR count). The Morgan fingerprint density at radius 3 is 2.40 bits per heavy atom. The summed E-state index contributed by atoms with van der Waals surface area (Å²) in [5.74, 6) is 0.0306. The minimum Gasteiger partial charge on any atom is -0.351 e. The molecule has 0 heterocycles. The molecule has 15 heavy (non-hydrogen) atoms. The third-order valence-electron chi connectivity index (χ3n) is 2.94. The molecule has 0 spiro atoms. The molecular weight excluding hydrogens is 188 g/mol. The molecule has 2 N–H and O–H groups in total. The van der Waals surface area contributed by atoms with Crippen LogP contribution in [0.4, 0.5) is 0 Å². The molecular formula is C12H24N2O. The predicted molar refractivity (Wildman–Crippen MR) is 64.8 cm³/mol. The molecule has 3 heteroatoms. The Morgan fingerprint density at radius 2 is 2.00 bits per heavy atom. The van der Waals surface area contributed by atoms with Crippen LogP contribution in [0.25, 0.3) is 0 Å². The highest BCUT2D eigenvalue weighted by Crippen LogP contribution is 2.14. The van der Waals surface area contributed by atoms with Gasteiger partial charge in [-0.1, -0.05) is 19.9 Å². The van der Waals surface area contributed by atoms with E-state index in [1.54, 1.807) is 6.08 Å². The van der Waals surface area contributed by atoms with Crippen molar-refractivity contribution < 1.29 is 4.79 Å². The van der Waals surface area contributed by atoms with Crippen molar-refractivity contribution in [2.45, 2.75) is 52.1 Å². The van der Waals surface area contributed by atoms with Crippen molar-refractivity contribution in [1.82, 2.24) is 10.6 Å². The van der Waals surface area contributed by atoms with Gasteiger partial charge >= 0.3 is 0 Å². The summed E-state index contributed by atoms with van der Waals surface area (Å²) in [6.45, 7) is 12.4. The Bertz CT molecular complexity index is 210. The van der Waals surface area contributed by atoms with Crippen LogP contribution in [0, 0.1) is 0 Å². The van der Waals surface area contributed by atoms with Crippen LogP contribution >= 0.6 is 0 Å². The van der Waals surface area contributed by atoms with Crippen LogP contribution in [0.2, 0.25) is 0 Å². The molecule has 0 radical (unpaired) electrons. The first-order valence-electron chi connectivity index (χ1n) is 5.65. The summed E-state index contributed by atoms with van der Waals surface area (Å²) in [4.78, 5) is 11.6. The van der Waals surface area contributed by atoms with E-state index in [0.29, 0.717) is 6.54 Å². The second-order valence-electron chi connectivity index (χ2n) is 4.17. The highest BCUT2D eigenvalue weighted by molar-refractivity contribution is 5.81. The molecule has 0 bridgehead atoms. The second-order valence-corrected chi connectivity index (χ2v) is 4.17. The number of hydrogen-bond acceptors (Lipinski definition) is 2. The first-order chi connectivity index (χ1) is 6.99. The lowest BCUT2D eigenvalue weighted by Gasteiger charge is -2.31. The lowest BCUT2D eigenvalue weighted by molar-refractivity contribution is -0.123. The van der Waals surface area contributed by atoms with E-state index in [1.807, 2.05) is 6.92 Å². The van der Waals surface area contributed by atoms with Gasteiger partial charge in [0.25, 0.3) is 0 Å². The van der Waals surface area contributed by atoms with Gasteiger partial charge in [-0.2, -0.15) is 0 Å². The van der Waals surface area contributed by atoms with E-state index in [2.05, 4.69) is 38.0 Å². The summed E-state index contributed by atoms with van der Waals surface area (Å²) < 4.78 is 0. The number of nitrogens with one attached hydrogen (secondary N) is 2. The number of amides is 1.